The fraction of sp³-hybridized carbons (Fsp3) is 1.00. The van der Waals surface area contributed by atoms with Crippen molar-refractivity contribution in [3.05, 3.63) is 0 Å². The van der Waals surface area contributed by atoms with Crippen LogP contribution in [0.15, 0.2) is 0 Å². The quantitative estimate of drug-likeness (QED) is 0.0870. The molecule has 0 fully saturated rings. The monoisotopic (exact) mass is 536 g/mol. The van der Waals surface area contributed by atoms with E-state index in [-0.39, 0.29) is 0 Å². The number of nitrogens with one attached hydrogen (secondary N) is 1. The highest BCUT2D eigenvalue weighted by Gasteiger charge is 2.37. The van der Waals surface area contributed by atoms with Crippen molar-refractivity contribution >= 4 is 0 Å². The van der Waals surface area contributed by atoms with E-state index in [0.717, 1.165) is 11.8 Å². The summed E-state index contributed by atoms with van der Waals surface area (Å²) in [7, 11) is 0. The summed E-state index contributed by atoms with van der Waals surface area (Å²) in [5.74, 6) is 1.60. The van der Waals surface area contributed by atoms with Gasteiger partial charge >= 0.3 is 0 Å². The molecule has 0 saturated heterocycles. The SMILES string of the molecule is CCCCCCCCCCNCC(CCCCCCCCCC)(C(C)C)C(C)CCCCCCCCCC. The minimum Gasteiger partial charge on any atom is -0.316 e. The summed E-state index contributed by atoms with van der Waals surface area (Å²) in [5.41, 5.74) is 0.476. The lowest BCUT2D eigenvalue weighted by atomic mass is 9.63. The molecule has 1 N–H and O–H groups in total. The molecule has 0 spiro atoms. The maximum Gasteiger partial charge on any atom is 0.00128 e. The molecule has 0 aromatic heterocycles. The summed E-state index contributed by atoms with van der Waals surface area (Å²) >= 11 is 0. The molecule has 1 nitrogen and oxygen atoms in total. The number of rotatable bonds is 31. The molecule has 0 bridgehead atoms. The Bertz CT molecular complexity index is 444. The molecule has 0 radical (unpaired) electrons. The van der Waals surface area contributed by atoms with Gasteiger partial charge in [-0.05, 0) is 36.6 Å². The number of unbranched alkanes of at least 4 members (excludes halogenated alkanes) is 21. The van der Waals surface area contributed by atoms with Crippen LogP contribution in [0.4, 0.5) is 0 Å². The van der Waals surface area contributed by atoms with Gasteiger partial charge in [-0.3, -0.25) is 0 Å². The first-order chi connectivity index (χ1) is 18.5. The van der Waals surface area contributed by atoms with Crippen molar-refractivity contribution in [3.8, 4) is 0 Å². The Morgan fingerprint density at radius 1 is 0.447 bits per heavy atom. The molecule has 0 aliphatic carbocycles. The second kappa shape index (κ2) is 28.5. The van der Waals surface area contributed by atoms with Crippen molar-refractivity contribution in [1.29, 1.82) is 0 Å². The highest BCUT2D eigenvalue weighted by atomic mass is 14.9. The first-order valence-corrected chi connectivity index (χ1v) is 18.3. The summed E-state index contributed by atoms with van der Waals surface area (Å²) in [6, 6.07) is 0. The van der Waals surface area contributed by atoms with Gasteiger partial charge in [0, 0.05) is 6.54 Å². The molecule has 0 heterocycles. The van der Waals surface area contributed by atoms with Gasteiger partial charge in [-0.25, -0.2) is 0 Å². The summed E-state index contributed by atoms with van der Waals surface area (Å²) in [6.07, 6.45) is 37.2. The molecule has 0 saturated carbocycles. The van der Waals surface area contributed by atoms with Gasteiger partial charge in [0.25, 0.3) is 0 Å². The Balaban J connectivity index is 4.58. The van der Waals surface area contributed by atoms with Crippen LogP contribution in [0.2, 0.25) is 0 Å². The van der Waals surface area contributed by atoms with E-state index in [0.29, 0.717) is 5.41 Å². The second-order valence-corrected chi connectivity index (χ2v) is 13.4. The van der Waals surface area contributed by atoms with E-state index >= 15 is 0 Å². The topological polar surface area (TPSA) is 12.0 Å². The summed E-state index contributed by atoms with van der Waals surface area (Å²) in [6.45, 7) is 17.1. The highest BCUT2D eigenvalue weighted by molar-refractivity contribution is 4.89. The standard InChI is InChI=1S/C37H77N/c1-7-10-13-16-19-22-25-28-31-36(6)37(35(4)5,32-29-26-23-20-17-14-11-8-2)34-38-33-30-27-24-21-18-15-12-9-3/h35-36,38H,7-34H2,1-6H3. The molecule has 0 aliphatic rings. The molecule has 2 unspecified atom stereocenters. The van der Waals surface area contributed by atoms with E-state index in [1.54, 1.807) is 0 Å². The van der Waals surface area contributed by atoms with Crippen molar-refractivity contribution in [3.63, 3.8) is 0 Å². The van der Waals surface area contributed by atoms with Gasteiger partial charge < -0.3 is 5.32 Å². The third kappa shape index (κ3) is 20.8. The van der Waals surface area contributed by atoms with E-state index in [1.807, 2.05) is 0 Å². The molecule has 0 aromatic carbocycles. The van der Waals surface area contributed by atoms with E-state index in [1.165, 1.54) is 180 Å². The first-order valence-electron chi connectivity index (χ1n) is 18.3. The molecule has 2 atom stereocenters. The molecule has 0 aromatic rings. The van der Waals surface area contributed by atoms with Gasteiger partial charge in [-0.2, -0.15) is 0 Å². The van der Waals surface area contributed by atoms with Gasteiger partial charge in [0.2, 0.25) is 0 Å². The van der Waals surface area contributed by atoms with Crippen LogP contribution in [0, 0.1) is 17.3 Å². The van der Waals surface area contributed by atoms with Crippen molar-refractivity contribution in [2.45, 2.75) is 208 Å². The third-order valence-electron chi connectivity index (χ3n) is 9.78. The predicted octanol–water partition coefficient (Wildman–Crippen LogP) is 13.1. The Morgan fingerprint density at radius 3 is 1.24 bits per heavy atom. The smallest absolute Gasteiger partial charge is 0.00128 e. The van der Waals surface area contributed by atoms with Crippen LogP contribution in [0.25, 0.3) is 0 Å². The third-order valence-corrected chi connectivity index (χ3v) is 9.78. The number of hydrogen-bond acceptors (Lipinski definition) is 1. The minimum atomic E-state index is 0.476. The van der Waals surface area contributed by atoms with Crippen LogP contribution in [0.5, 0.6) is 0 Å². The van der Waals surface area contributed by atoms with Crippen LogP contribution in [0.3, 0.4) is 0 Å². The van der Waals surface area contributed by atoms with Crippen molar-refractivity contribution in [1.82, 2.24) is 5.32 Å². The van der Waals surface area contributed by atoms with Crippen LogP contribution in [0.1, 0.15) is 208 Å². The second-order valence-electron chi connectivity index (χ2n) is 13.4. The summed E-state index contributed by atoms with van der Waals surface area (Å²) < 4.78 is 0. The van der Waals surface area contributed by atoms with Gasteiger partial charge in [0.1, 0.15) is 0 Å². The van der Waals surface area contributed by atoms with E-state index < -0.39 is 0 Å². The molecule has 0 rings (SSSR count). The fourth-order valence-corrected chi connectivity index (χ4v) is 6.74. The lowest BCUT2D eigenvalue weighted by Crippen LogP contribution is -2.44. The van der Waals surface area contributed by atoms with Crippen molar-refractivity contribution < 1.29 is 0 Å². The molecule has 230 valence electrons. The fourth-order valence-electron chi connectivity index (χ4n) is 6.74. The maximum absolute atomic E-state index is 4.01. The Labute approximate surface area is 243 Å². The zero-order valence-electron chi connectivity index (χ0n) is 28.0. The Morgan fingerprint density at radius 2 is 0.816 bits per heavy atom. The molecule has 0 aliphatic heterocycles. The van der Waals surface area contributed by atoms with Crippen LogP contribution < -0.4 is 5.32 Å². The van der Waals surface area contributed by atoms with Crippen molar-refractivity contribution in [2.24, 2.45) is 17.3 Å². The summed E-state index contributed by atoms with van der Waals surface area (Å²) in [5, 5.41) is 4.01. The van der Waals surface area contributed by atoms with E-state index in [4.69, 9.17) is 0 Å². The van der Waals surface area contributed by atoms with Crippen LogP contribution in [-0.2, 0) is 0 Å². The molecule has 0 amide bonds. The van der Waals surface area contributed by atoms with Gasteiger partial charge in [0.15, 0.2) is 0 Å². The maximum atomic E-state index is 4.01. The average molecular weight is 536 g/mol. The predicted molar refractivity (Wildman–Crippen MR) is 176 cm³/mol. The molecular weight excluding hydrogens is 458 g/mol. The van der Waals surface area contributed by atoms with Gasteiger partial charge in [-0.1, -0.05) is 196 Å². The summed E-state index contributed by atoms with van der Waals surface area (Å²) in [4.78, 5) is 0. The Hall–Kier alpha value is -0.0400. The molecule has 1 heteroatoms. The average Bonchev–Trinajstić information content (AvgIpc) is 2.91. The van der Waals surface area contributed by atoms with Crippen molar-refractivity contribution in [2.75, 3.05) is 13.1 Å². The highest BCUT2D eigenvalue weighted by Crippen LogP contribution is 2.43. The zero-order chi connectivity index (χ0) is 28.2. The van der Waals surface area contributed by atoms with Crippen LogP contribution in [-0.4, -0.2) is 13.1 Å². The largest absolute Gasteiger partial charge is 0.316 e. The first kappa shape index (κ1) is 38.0. The lowest BCUT2D eigenvalue weighted by Gasteiger charge is -2.44. The minimum absolute atomic E-state index is 0.476. The number of hydrogen-bond donors (Lipinski definition) is 1. The van der Waals surface area contributed by atoms with E-state index in [2.05, 4.69) is 46.9 Å². The van der Waals surface area contributed by atoms with E-state index in [9.17, 15) is 0 Å². The lowest BCUT2D eigenvalue weighted by molar-refractivity contribution is 0.0739. The van der Waals surface area contributed by atoms with Gasteiger partial charge in [-0.15, -0.1) is 0 Å². The van der Waals surface area contributed by atoms with Gasteiger partial charge in [0.05, 0.1) is 0 Å². The Kier molecular flexibility index (Phi) is 28.5. The zero-order valence-corrected chi connectivity index (χ0v) is 28.0. The molecule has 38 heavy (non-hydrogen) atoms. The van der Waals surface area contributed by atoms with Crippen LogP contribution >= 0.6 is 0 Å². The normalized spacial score (nSPS) is 14.3. The molecular formula is C37H77N.